The fraction of sp³-hybridized carbons (Fsp3) is 0.579. The molecule has 1 atom stereocenters. The molecule has 0 saturated heterocycles. The summed E-state index contributed by atoms with van der Waals surface area (Å²) in [4.78, 5) is 24.0. The molecule has 0 saturated carbocycles. The van der Waals surface area contributed by atoms with Gasteiger partial charge in [-0.05, 0) is 39.7 Å². The van der Waals surface area contributed by atoms with Crippen LogP contribution in [0.15, 0.2) is 24.3 Å². The van der Waals surface area contributed by atoms with Gasteiger partial charge in [-0.25, -0.2) is 0 Å². The predicted octanol–water partition coefficient (Wildman–Crippen LogP) is 3.80. The molecule has 0 amide bonds. The van der Waals surface area contributed by atoms with E-state index in [0.717, 1.165) is 5.56 Å². The highest BCUT2D eigenvalue weighted by atomic mass is 16.1. The van der Waals surface area contributed by atoms with E-state index in [1.54, 1.807) is 6.92 Å². The van der Waals surface area contributed by atoms with Gasteiger partial charge in [0.25, 0.3) is 0 Å². The van der Waals surface area contributed by atoms with Crippen LogP contribution < -0.4 is 5.32 Å². The standard InChI is InChI=1S/C19H29NO2/c1-13(21)15-10-8-14(9-11-15)12-16(20-19(5,6)7)17(22)18(2,3)4/h8-11,16,20H,12H2,1-7H3. The van der Waals surface area contributed by atoms with Gasteiger partial charge in [0.1, 0.15) is 0 Å². The van der Waals surface area contributed by atoms with Gasteiger partial charge in [0.2, 0.25) is 0 Å². The molecule has 0 aliphatic carbocycles. The van der Waals surface area contributed by atoms with E-state index in [1.165, 1.54) is 0 Å². The first-order valence-electron chi connectivity index (χ1n) is 7.82. The maximum absolute atomic E-state index is 12.7. The minimum Gasteiger partial charge on any atom is -0.302 e. The minimum atomic E-state index is -0.387. The van der Waals surface area contributed by atoms with Gasteiger partial charge < -0.3 is 5.32 Å². The van der Waals surface area contributed by atoms with Gasteiger partial charge in [-0.2, -0.15) is 0 Å². The van der Waals surface area contributed by atoms with Crippen molar-refractivity contribution in [2.24, 2.45) is 5.41 Å². The molecule has 0 aliphatic rings. The highest BCUT2D eigenvalue weighted by molar-refractivity contribution is 5.94. The predicted molar refractivity (Wildman–Crippen MR) is 91.3 cm³/mol. The van der Waals surface area contributed by atoms with E-state index in [4.69, 9.17) is 0 Å². The molecule has 0 spiro atoms. The van der Waals surface area contributed by atoms with Gasteiger partial charge in [0.15, 0.2) is 11.6 Å². The third-order valence-electron chi connectivity index (χ3n) is 3.46. The molecule has 1 aromatic rings. The Kier molecular flexibility index (Phi) is 5.69. The highest BCUT2D eigenvalue weighted by Gasteiger charge is 2.31. The average molecular weight is 303 g/mol. The third kappa shape index (κ3) is 5.72. The molecule has 22 heavy (non-hydrogen) atoms. The second kappa shape index (κ2) is 6.74. The molecular weight excluding hydrogens is 274 g/mol. The number of ketones is 2. The largest absolute Gasteiger partial charge is 0.302 e. The Hall–Kier alpha value is -1.48. The number of Topliss-reactive ketones (excluding diaryl/α,β-unsaturated/α-hetero) is 2. The highest BCUT2D eigenvalue weighted by Crippen LogP contribution is 2.21. The molecule has 0 bridgehead atoms. The van der Waals surface area contributed by atoms with Crippen LogP contribution >= 0.6 is 0 Å². The third-order valence-corrected chi connectivity index (χ3v) is 3.46. The lowest BCUT2D eigenvalue weighted by Crippen LogP contribution is -2.51. The van der Waals surface area contributed by atoms with E-state index in [2.05, 4.69) is 26.1 Å². The number of carbonyl (C=O) groups is 2. The number of nitrogens with one attached hydrogen (secondary N) is 1. The van der Waals surface area contributed by atoms with Crippen molar-refractivity contribution >= 4 is 11.6 Å². The quantitative estimate of drug-likeness (QED) is 0.842. The van der Waals surface area contributed by atoms with Crippen LogP contribution in [0.25, 0.3) is 0 Å². The number of hydrogen-bond donors (Lipinski definition) is 1. The fourth-order valence-corrected chi connectivity index (χ4v) is 2.37. The second-order valence-corrected chi connectivity index (χ2v) is 8.02. The van der Waals surface area contributed by atoms with Crippen molar-refractivity contribution in [3.63, 3.8) is 0 Å². The summed E-state index contributed by atoms with van der Waals surface area (Å²) in [5.74, 6) is 0.264. The van der Waals surface area contributed by atoms with E-state index in [1.807, 2.05) is 45.0 Å². The maximum Gasteiger partial charge on any atom is 0.159 e. The summed E-state index contributed by atoms with van der Waals surface area (Å²) >= 11 is 0. The first-order chi connectivity index (χ1) is 9.90. The van der Waals surface area contributed by atoms with Crippen LogP contribution in [0.3, 0.4) is 0 Å². The molecule has 122 valence electrons. The molecule has 1 rings (SSSR count). The Morgan fingerprint density at radius 3 is 1.86 bits per heavy atom. The topological polar surface area (TPSA) is 46.2 Å². The van der Waals surface area contributed by atoms with Crippen molar-refractivity contribution in [3.05, 3.63) is 35.4 Å². The van der Waals surface area contributed by atoms with Crippen molar-refractivity contribution in [2.75, 3.05) is 0 Å². The molecular formula is C19H29NO2. The average Bonchev–Trinajstić information content (AvgIpc) is 2.35. The number of benzene rings is 1. The van der Waals surface area contributed by atoms with Crippen molar-refractivity contribution in [1.29, 1.82) is 0 Å². The molecule has 1 aromatic carbocycles. The van der Waals surface area contributed by atoms with Crippen molar-refractivity contribution in [1.82, 2.24) is 5.32 Å². The summed E-state index contributed by atoms with van der Waals surface area (Å²) in [6.07, 6.45) is 0.631. The lowest BCUT2D eigenvalue weighted by molar-refractivity contribution is -0.128. The Bertz CT molecular complexity index is 530. The molecule has 3 heteroatoms. The molecule has 3 nitrogen and oxygen atoms in total. The van der Waals surface area contributed by atoms with Crippen LogP contribution in [0.4, 0.5) is 0 Å². The van der Waals surface area contributed by atoms with E-state index in [9.17, 15) is 9.59 Å². The number of rotatable bonds is 5. The van der Waals surface area contributed by atoms with E-state index in [-0.39, 0.29) is 28.6 Å². The Morgan fingerprint density at radius 1 is 1.00 bits per heavy atom. The second-order valence-electron chi connectivity index (χ2n) is 8.02. The first kappa shape index (κ1) is 18.6. The number of hydrogen-bond acceptors (Lipinski definition) is 3. The summed E-state index contributed by atoms with van der Waals surface area (Å²) < 4.78 is 0. The minimum absolute atomic E-state index is 0.0571. The molecule has 1 unspecified atom stereocenters. The normalized spacial score (nSPS) is 13.8. The van der Waals surface area contributed by atoms with Gasteiger partial charge in [-0.3, -0.25) is 9.59 Å². The summed E-state index contributed by atoms with van der Waals surface area (Å²) in [6.45, 7) is 13.6. The monoisotopic (exact) mass is 303 g/mol. The van der Waals surface area contributed by atoms with Crippen molar-refractivity contribution in [2.45, 2.75) is 66.5 Å². The van der Waals surface area contributed by atoms with Gasteiger partial charge in [-0.1, -0.05) is 45.0 Å². The van der Waals surface area contributed by atoms with Crippen LogP contribution in [-0.4, -0.2) is 23.1 Å². The van der Waals surface area contributed by atoms with Gasteiger partial charge in [0, 0.05) is 16.5 Å². The van der Waals surface area contributed by atoms with Crippen molar-refractivity contribution in [3.8, 4) is 0 Å². The lowest BCUT2D eigenvalue weighted by Gasteiger charge is -2.32. The SMILES string of the molecule is CC(=O)c1ccc(CC(NC(C)(C)C)C(=O)C(C)(C)C)cc1. The van der Waals surface area contributed by atoms with Crippen LogP contribution in [0.1, 0.15) is 64.4 Å². The summed E-state index contributed by atoms with van der Waals surface area (Å²) in [5, 5.41) is 3.43. The van der Waals surface area contributed by atoms with Gasteiger partial charge in [0.05, 0.1) is 6.04 Å². The summed E-state index contributed by atoms with van der Waals surface area (Å²) in [5.41, 5.74) is 1.24. The molecule has 1 N–H and O–H groups in total. The molecule has 0 fully saturated rings. The smallest absolute Gasteiger partial charge is 0.159 e. The Labute approximate surface area is 134 Å². The molecule has 0 heterocycles. The zero-order valence-electron chi connectivity index (χ0n) is 14.9. The van der Waals surface area contributed by atoms with Gasteiger partial charge >= 0.3 is 0 Å². The molecule has 0 aromatic heterocycles. The van der Waals surface area contributed by atoms with Crippen LogP contribution in [-0.2, 0) is 11.2 Å². The summed E-state index contributed by atoms with van der Waals surface area (Å²) in [7, 11) is 0. The van der Waals surface area contributed by atoms with Gasteiger partial charge in [-0.15, -0.1) is 0 Å². The Balaban J connectivity index is 2.97. The van der Waals surface area contributed by atoms with Crippen LogP contribution in [0.2, 0.25) is 0 Å². The van der Waals surface area contributed by atoms with E-state index >= 15 is 0 Å². The number of carbonyl (C=O) groups excluding carboxylic acids is 2. The fourth-order valence-electron chi connectivity index (χ4n) is 2.37. The Morgan fingerprint density at radius 2 is 1.50 bits per heavy atom. The van der Waals surface area contributed by atoms with Crippen molar-refractivity contribution < 1.29 is 9.59 Å². The van der Waals surface area contributed by atoms with E-state index in [0.29, 0.717) is 12.0 Å². The molecule has 0 aliphatic heterocycles. The van der Waals surface area contributed by atoms with Crippen LogP contribution in [0.5, 0.6) is 0 Å². The van der Waals surface area contributed by atoms with Crippen LogP contribution in [0, 0.1) is 5.41 Å². The first-order valence-corrected chi connectivity index (χ1v) is 7.82. The maximum atomic E-state index is 12.7. The summed E-state index contributed by atoms with van der Waals surface area (Å²) in [6, 6.07) is 7.29. The molecule has 0 radical (unpaired) electrons. The zero-order chi connectivity index (χ0) is 17.1. The van der Waals surface area contributed by atoms with E-state index < -0.39 is 0 Å². The lowest BCUT2D eigenvalue weighted by atomic mass is 9.83. The zero-order valence-corrected chi connectivity index (χ0v) is 14.9.